The lowest BCUT2D eigenvalue weighted by atomic mass is 10.1. The molecule has 6 heteroatoms. The summed E-state index contributed by atoms with van der Waals surface area (Å²) in [5, 5.41) is 9.82. The number of morpholine rings is 1. The average Bonchev–Trinajstić information content (AvgIpc) is 3.13. The molecule has 0 spiro atoms. The maximum atomic E-state index is 12.3. The summed E-state index contributed by atoms with van der Waals surface area (Å²) in [6.45, 7) is 5.45. The average molecular weight is 342 g/mol. The number of ether oxygens (including phenoxy) is 1. The zero-order chi connectivity index (χ0) is 17.5. The van der Waals surface area contributed by atoms with Crippen LogP contribution in [0.4, 0.5) is 0 Å². The number of aromatic amines is 1. The first kappa shape index (κ1) is 17.6. The predicted octanol–water partition coefficient (Wildman–Crippen LogP) is 1.75. The Morgan fingerprint density at radius 3 is 2.96 bits per heavy atom. The van der Waals surface area contributed by atoms with Crippen molar-refractivity contribution in [1.29, 1.82) is 0 Å². The van der Waals surface area contributed by atoms with Gasteiger partial charge in [-0.05, 0) is 18.1 Å². The van der Waals surface area contributed by atoms with Crippen molar-refractivity contribution >= 4 is 5.91 Å². The molecule has 0 radical (unpaired) electrons. The van der Waals surface area contributed by atoms with Gasteiger partial charge in [-0.15, -0.1) is 0 Å². The van der Waals surface area contributed by atoms with E-state index in [4.69, 9.17) is 4.74 Å². The summed E-state index contributed by atoms with van der Waals surface area (Å²) in [6, 6.07) is 12.3. The summed E-state index contributed by atoms with van der Waals surface area (Å²) in [6.07, 6.45) is 2.84. The first-order valence-corrected chi connectivity index (χ1v) is 8.90. The Hall–Kier alpha value is -2.18. The smallest absolute Gasteiger partial charge is 0.226 e. The van der Waals surface area contributed by atoms with Crippen molar-refractivity contribution in [3.05, 3.63) is 53.9 Å². The molecule has 0 aliphatic carbocycles. The van der Waals surface area contributed by atoms with Crippen LogP contribution in [0, 0.1) is 0 Å². The topological polar surface area (TPSA) is 70.2 Å². The number of aromatic nitrogens is 2. The second-order valence-electron chi connectivity index (χ2n) is 6.47. The van der Waals surface area contributed by atoms with Gasteiger partial charge in [0.15, 0.2) is 0 Å². The SMILES string of the molecule is CC[C@@H](NC(=O)Cc1ccn[nH]1)[C@@H]1CN(Cc2ccccc2)CCO1. The van der Waals surface area contributed by atoms with E-state index < -0.39 is 0 Å². The van der Waals surface area contributed by atoms with Crippen LogP contribution in [0.25, 0.3) is 0 Å². The van der Waals surface area contributed by atoms with Gasteiger partial charge in [0, 0.05) is 31.5 Å². The Bertz CT molecular complexity index is 645. The molecule has 1 aromatic carbocycles. The molecule has 1 aliphatic rings. The van der Waals surface area contributed by atoms with Crippen molar-refractivity contribution in [1.82, 2.24) is 20.4 Å². The van der Waals surface area contributed by atoms with Crippen molar-refractivity contribution in [2.75, 3.05) is 19.7 Å². The summed E-state index contributed by atoms with van der Waals surface area (Å²) in [4.78, 5) is 14.7. The minimum absolute atomic E-state index is 0.000108. The molecule has 6 nitrogen and oxygen atoms in total. The Balaban J connectivity index is 1.53. The van der Waals surface area contributed by atoms with Crippen molar-refractivity contribution in [2.45, 2.75) is 38.5 Å². The Morgan fingerprint density at radius 1 is 1.40 bits per heavy atom. The van der Waals surface area contributed by atoms with Crippen LogP contribution in [0.2, 0.25) is 0 Å². The highest BCUT2D eigenvalue weighted by Gasteiger charge is 2.28. The molecule has 0 saturated carbocycles. The highest BCUT2D eigenvalue weighted by molar-refractivity contribution is 5.78. The van der Waals surface area contributed by atoms with Gasteiger partial charge in [-0.25, -0.2) is 0 Å². The first-order valence-electron chi connectivity index (χ1n) is 8.90. The molecule has 2 aromatic rings. The van der Waals surface area contributed by atoms with Crippen LogP contribution in [0.5, 0.6) is 0 Å². The lowest BCUT2D eigenvalue weighted by molar-refractivity contribution is -0.123. The second kappa shape index (κ2) is 8.78. The number of carbonyl (C=O) groups is 1. The van der Waals surface area contributed by atoms with E-state index in [1.54, 1.807) is 6.20 Å². The van der Waals surface area contributed by atoms with E-state index in [0.717, 1.165) is 31.7 Å². The molecular formula is C19H26N4O2. The molecule has 1 amide bonds. The van der Waals surface area contributed by atoms with Crippen LogP contribution in [0.3, 0.4) is 0 Å². The van der Waals surface area contributed by atoms with Gasteiger partial charge >= 0.3 is 0 Å². The Morgan fingerprint density at radius 2 is 2.24 bits per heavy atom. The fourth-order valence-corrected chi connectivity index (χ4v) is 3.23. The van der Waals surface area contributed by atoms with E-state index in [0.29, 0.717) is 13.0 Å². The molecule has 2 heterocycles. The minimum atomic E-state index is -0.000108. The van der Waals surface area contributed by atoms with Crippen molar-refractivity contribution < 1.29 is 9.53 Å². The summed E-state index contributed by atoms with van der Waals surface area (Å²) in [5.74, 6) is -0.000108. The number of H-pyrrole nitrogens is 1. The van der Waals surface area contributed by atoms with E-state index in [9.17, 15) is 4.79 Å². The number of nitrogens with one attached hydrogen (secondary N) is 2. The number of hydrogen-bond donors (Lipinski definition) is 2. The third-order valence-electron chi connectivity index (χ3n) is 4.57. The summed E-state index contributed by atoms with van der Waals surface area (Å²) in [7, 11) is 0. The van der Waals surface area contributed by atoms with E-state index in [2.05, 4.69) is 51.6 Å². The van der Waals surface area contributed by atoms with Gasteiger partial charge in [0.1, 0.15) is 0 Å². The Labute approximate surface area is 148 Å². The lowest BCUT2D eigenvalue weighted by Gasteiger charge is -2.37. The number of hydrogen-bond acceptors (Lipinski definition) is 4. The van der Waals surface area contributed by atoms with Crippen LogP contribution in [0.1, 0.15) is 24.6 Å². The van der Waals surface area contributed by atoms with Crippen molar-refractivity contribution in [2.24, 2.45) is 0 Å². The number of benzene rings is 1. The van der Waals surface area contributed by atoms with Crippen LogP contribution in [-0.2, 0) is 22.5 Å². The van der Waals surface area contributed by atoms with Gasteiger partial charge in [0.05, 0.1) is 25.2 Å². The molecule has 3 rings (SSSR count). The maximum Gasteiger partial charge on any atom is 0.226 e. The summed E-state index contributed by atoms with van der Waals surface area (Å²) >= 11 is 0. The van der Waals surface area contributed by atoms with Crippen LogP contribution >= 0.6 is 0 Å². The standard InChI is InChI=1S/C19H26N4O2/c1-2-17(21-19(24)12-16-8-9-20-22-16)18-14-23(10-11-25-18)13-15-6-4-3-5-7-15/h3-9,17-18H,2,10-14H2,1H3,(H,20,22)(H,21,24)/t17-,18+/m1/s1. The van der Waals surface area contributed by atoms with Crippen molar-refractivity contribution in [3.63, 3.8) is 0 Å². The van der Waals surface area contributed by atoms with Gasteiger partial charge in [-0.1, -0.05) is 37.3 Å². The number of nitrogens with zero attached hydrogens (tertiary/aromatic N) is 2. The molecular weight excluding hydrogens is 316 g/mol. The monoisotopic (exact) mass is 342 g/mol. The van der Waals surface area contributed by atoms with Gasteiger partial charge in [0.25, 0.3) is 0 Å². The van der Waals surface area contributed by atoms with Crippen LogP contribution in [-0.4, -0.2) is 52.8 Å². The molecule has 134 valence electrons. The third kappa shape index (κ3) is 5.14. The van der Waals surface area contributed by atoms with Gasteiger partial charge in [0.2, 0.25) is 5.91 Å². The lowest BCUT2D eigenvalue weighted by Crippen LogP contribution is -2.53. The van der Waals surface area contributed by atoms with E-state index in [1.165, 1.54) is 5.56 Å². The first-order chi connectivity index (χ1) is 12.2. The van der Waals surface area contributed by atoms with Gasteiger partial charge in [-0.2, -0.15) is 5.10 Å². The highest BCUT2D eigenvalue weighted by atomic mass is 16.5. The molecule has 1 aromatic heterocycles. The number of amides is 1. The highest BCUT2D eigenvalue weighted by Crippen LogP contribution is 2.14. The Kier molecular flexibility index (Phi) is 6.19. The number of carbonyl (C=O) groups excluding carboxylic acids is 1. The van der Waals surface area contributed by atoms with Gasteiger partial charge in [-0.3, -0.25) is 14.8 Å². The van der Waals surface area contributed by atoms with Gasteiger partial charge < -0.3 is 10.1 Å². The van der Waals surface area contributed by atoms with Crippen LogP contribution in [0.15, 0.2) is 42.6 Å². The molecule has 2 N–H and O–H groups in total. The number of rotatable bonds is 7. The molecule has 1 fully saturated rings. The molecule has 1 saturated heterocycles. The van der Waals surface area contributed by atoms with Crippen LogP contribution < -0.4 is 5.32 Å². The maximum absolute atomic E-state index is 12.3. The fraction of sp³-hybridized carbons (Fsp3) is 0.474. The zero-order valence-corrected chi connectivity index (χ0v) is 14.6. The molecule has 0 unspecified atom stereocenters. The van der Waals surface area contributed by atoms with E-state index in [1.807, 2.05) is 12.1 Å². The minimum Gasteiger partial charge on any atom is -0.373 e. The molecule has 0 bridgehead atoms. The zero-order valence-electron chi connectivity index (χ0n) is 14.6. The second-order valence-corrected chi connectivity index (χ2v) is 6.47. The molecule has 2 atom stereocenters. The quantitative estimate of drug-likeness (QED) is 0.804. The normalized spacial score (nSPS) is 19.5. The molecule has 25 heavy (non-hydrogen) atoms. The predicted molar refractivity (Wildman–Crippen MR) is 96.0 cm³/mol. The van der Waals surface area contributed by atoms with E-state index in [-0.39, 0.29) is 18.1 Å². The fourth-order valence-electron chi connectivity index (χ4n) is 3.23. The van der Waals surface area contributed by atoms with Crippen molar-refractivity contribution in [3.8, 4) is 0 Å². The summed E-state index contributed by atoms with van der Waals surface area (Å²) < 4.78 is 5.96. The molecule has 1 aliphatic heterocycles. The largest absolute Gasteiger partial charge is 0.373 e. The third-order valence-corrected chi connectivity index (χ3v) is 4.57. The van der Waals surface area contributed by atoms with E-state index >= 15 is 0 Å². The summed E-state index contributed by atoms with van der Waals surface area (Å²) in [5.41, 5.74) is 2.13.